The number of alkyl halides is 2. The van der Waals surface area contributed by atoms with Gasteiger partial charge in [0.05, 0.1) is 6.42 Å². The van der Waals surface area contributed by atoms with Crippen molar-refractivity contribution in [3.8, 4) is 0 Å². The Morgan fingerprint density at radius 2 is 2.27 bits per heavy atom. The molecular weight excluding hydrogens is 206 g/mol. The highest BCUT2D eigenvalue weighted by Gasteiger charge is 2.39. The lowest BCUT2D eigenvalue weighted by molar-refractivity contribution is -0.164. The highest BCUT2D eigenvalue weighted by molar-refractivity contribution is 5.75. The molecular formula is C9H12F2N2O2. The Morgan fingerprint density at radius 3 is 2.73 bits per heavy atom. The van der Waals surface area contributed by atoms with Crippen LogP contribution in [0.25, 0.3) is 0 Å². The van der Waals surface area contributed by atoms with E-state index in [4.69, 9.17) is 5.11 Å². The summed E-state index contributed by atoms with van der Waals surface area (Å²) >= 11 is 0. The fraction of sp³-hybridized carbons (Fsp3) is 0.556. The van der Waals surface area contributed by atoms with Gasteiger partial charge in [-0.15, -0.1) is 0 Å². The summed E-state index contributed by atoms with van der Waals surface area (Å²) in [6.45, 7) is 3.57. The van der Waals surface area contributed by atoms with Crippen LogP contribution in [0.4, 0.5) is 8.78 Å². The first-order valence-electron chi connectivity index (χ1n) is 4.48. The van der Waals surface area contributed by atoms with Crippen molar-refractivity contribution < 1.29 is 18.7 Å². The van der Waals surface area contributed by atoms with Crippen LogP contribution in [0, 0.1) is 0 Å². The SMILES string of the molecule is CC(C)n1nccc1CC(F)(F)C(=O)O. The average molecular weight is 218 g/mol. The molecule has 0 amide bonds. The van der Waals surface area contributed by atoms with E-state index in [1.165, 1.54) is 16.9 Å². The van der Waals surface area contributed by atoms with Gasteiger partial charge in [0.1, 0.15) is 0 Å². The van der Waals surface area contributed by atoms with Crippen molar-refractivity contribution in [3.05, 3.63) is 18.0 Å². The van der Waals surface area contributed by atoms with E-state index in [-0.39, 0.29) is 11.7 Å². The minimum absolute atomic E-state index is 0.0698. The second-order valence-electron chi connectivity index (χ2n) is 3.55. The summed E-state index contributed by atoms with van der Waals surface area (Å²) < 4.78 is 27.2. The van der Waals surface area contributed by atoms with Crippen molar-refractivity contribution in [2.75, 3.05) is 0 Å². The molecule has 0 radical (unpaired) electrons. The van der Waals surface area contributed by atoms with Crippen molar-refractivity contribution in [2.45, 2.75) is 32.2 Å². The minimum Gasteiger partial charge on any atom is -0.477 e. The van der Waals surface area contributed by atoms with Crippen LogP contribution >= 0.6 is 0 Å². The number of aromatic nitrogens is 2. The summed E-state index contributed by atoms with van der Waals surface area (Å²) in [5.41, 5.74) is 0.220. The molecule has 0 fully saturated rings. The Morgan fingerprint density at radius 1 is 1.67 bits per heavy atom. The van der Waals surface area contributed by atoms with Gasteiger partial charge >= 0.3 is 11.9 Å². The van der Waals surface area contributed by atoms with Gasteiger partial charge in [-0.05, 0) is 19.9 Å². The number of carboxylic acids is 1. The Labute approximate surface area is 85.5 Å². The maximum atomic E-state index is 12.9. The Bertz CT molecular complexity index is 361. The fourth-order valence-electron chi connectivity index (χ4n) is 1.25. The summed E-state index contributed by atoms with van der Waals surface area (Å²) in [7, 11) is 0. The maximum Gasteiger partial charge on any atom is 0.374 e. The topological polar surface area (TPSA) is 55.1 Å². The first-order chi connectivity index (χ1) is 6.84. The van der Waals surface area contributed by atoms with Crippen molar-refractivity contribution in [3.63, 3.8) is 0 Å². The van der Waals surface area contributed by atoms with Crippen molar-refractivity contribution in [1.29, 1.82) is 0 Å². The van der Waals surface area contributed by atoms with E-state index in [0.29, 0.717) is 0 Å². The van der Waals surface area contributed by atoms with E-state index in [9.17, 15) is 13.6 Å². The van der Waals surface area contributed by atoms with Crippen LogP contribution in [0.2, 0.25) is 0 Å². The zero-order chi connectivity index (χ0) is 11.6. The van der Waals surface area contributed by atoms with E-state index >= 15 is 0 Å². The van der Waals surface area contributed by atoms with E-state index in [2.05, 4.69) is 5.10 Å². The largest absolute Gasteiger partial charge is 0.477 e. The van der Waals surface area contributed by atoms with E-state index in [0.717, 1.165) is 0 Å². The van der Waals surface area contributed by atoms with Crippen LogP contribution in [0.3, 0.4) is 0 Å². The average Bonchev–Trinajstić information content (AvgIpc) is 2.51. The summed E-state index contributed by atoms with van der Waals surface area (Å²) in [6.07, 6.45) is 0.549. The molecule has 0 aliphatic heterocycles. The van der Waals surface area contributed by atoms with Gasteiger partial charge in [0.2, 0.25) is 0 Å². The third kappa shape index (κ3) is 2.51. The Hall–Kier alpha value is -1.46. The molecule has 6 heteroatoms. The molecule has 0 bridgehead atoms. The molecule has 1 rings (SSSR count). The first-order valence-corrected chi connectivity index (χ1v) is 4.48. The zero-order valence-corrected chi connectivity index (χ0v) is 8.44. The third-order valence-corrected chi connectivity index (χ3v) is 1.96. The van der Waals surface area contributed by atoms with Crippen LogP contribution in [0.15, 0.2) is 12.3 Å². The molecule has 0 aliphatic carbocycles. The highest BCUT2D eigenvalue weighted by Crippen LogP contribution is 2.21. The van der Waals surface area contributed by atoms with E-state index in [1.807, 2.05) is 0 Å². The van der Waals surface area contributed by atoms with Gasteiger partial charge in [-0.1, -0.05) is 0 Å². The number of carbonyl (C=O) groups is 1. The van der Waals surface area contributed by atoms with Crippen LogP contribution < -0.4 is 0 Å². The van der Waals surface area contributed by atoms with Crippen molar-refractivity contribution in [1.82, 2.24) is 9.78 Å². The van der Waals surface area contributed by atoms with Crippen molar-refractivity contribution >= 4 is 5.97 Å². The van der Waals surface area contributed by atoms with Gasteiger partial charge in [0.15, 0.2) is 0 Å². The van der Waals surface area contributed by atoms with Gasteiger partial charge < -0.3 is 5.11 Å². The van der Waals surface area contributed by atoms with E-state index < -0.39 is 18.3 Å². The molecule has 0 unspecified atom stereocenters. The lowest BCUT2D eigenvalue weighted by Crippen LogP contribution is -2.31. The number of hydrogen-bond donors (Lipinski definition) is 1. The van der Waals surface area contributed by atoms with Crippen LogP contribution in [-0.4, -0.2) is 26.8 Å². The molecule has 0 aromatic carbocycles. The fourth-order valence-corrected chi connectivity index (χ4v) is 1.25. The Balaban J connectivity index is 2.90. The number of carboxylic acid groups (broad SMARTS) is 1. The summed E-state index contributed by atoms with van der Waals surface area (Å²) in [5.74, 6) is -5.86. The van der Waals surface area contributed by atoms with Gasteiger partial charge in [0, 0.05) is 17.9 Å². The van der Waals surface area contributed by atoms with Crippen LogP contribution in [0.1, 0.15) is 25.6 Å². The Kier molecular flexibility index (Phi) is 3.06. The minimum atomic E-state index is -3.74. The summed E-state index contributed by atoms with van der Waals surface area (Å²) in [5, 5.41) is 12.1. The second-order valence-corrected chi connectivity index (χ2v) is 3.55. The predicted octanol–water partition coefficient (Wildman–Crippen LogP) is 1.73. The predicted molar refractivity (Wildman–Crippen MR) is 48.9 cm³/mol. The molecule has 0 aliphatic rings. The molecule has 0 saturated carbocycles. The van der Waals surface area contributed by atoms with Crippen LogP contribution in [0.5, 0.6) is 0 Å². The smallest absolute Gasteiger partial charge is 0.374 e. The number of rotatable bonds is 4. The maximum absolute atomic E-state index is 12.9. The number of hydrogen-bond acceptors (Lipinski definition) is 2. The molecule has 0 atom stereocenters. The molecule has 4 nitrogen and oxygen atoms in total. The lowest BCUT2D eigenvalue weighted by Gasteiger charge is -2.14. The normalized spacial score (nSPS) is 12.1. The van der Waals surface area contributed by atoms with Crippen LogP contribution in [-0.2, 0) is 11.2 Å². The van der Waals surface area contributed by atoms with Gasteiger partial charge in [-0.3, -0.25) is 4.68 Å². The van der Waals surface area contributed by atoms with Crippen molar-refractivity contribution in [2.24, 2.45) is 0 Å². The molecule has 1 heterocycles. The van der Waals surface area contributed by atoms with Gasteiger partial charge in [-0.2, -0.15) is 13.9 Å². The second kappa shape index (κ2) is 3.96. The standard InChI is InChI=1S/C9H12F2N2O2/c1-6(2)13-7(3-4-12-13)5-9(10,11)8(14)15/h3-4,6H,5H2,1-2H3,(H,14,15). The molecule has 1 aromatic heterocycles. The molecule has 0 spiro atoms. The number of halogens is 2. The number of nitrogens with zero attached hydrogens (tertiary/aromatic N) is 2. The molecule has 15 heavy (non-hydrogen) atoms. The first kappa shape index (κ1) is 11.6. The van der Waals surface area contributed by atoms with E-state index in [1.54, 1.807) is 13.8 Å². The van der Waals surface area contributed by atoms with Gasteiger partial charge in [-0.25, -0.2) is 4.79 Å². The summed E-state index contributed by atoms with van der Waals surface area (Å²) in [4.78, 5) is 10.2. The molecule has 1 aromatic rings. The lowest BCUT2D eigenvalue weighted by atomic mass is 10.2. The van der Waals surface area contributed by atoms with Gasteiger partial charge in [0.25, 0.3) is 0 Å². The molecule has 0 saturated heterocycles. The highest BCUT2D eigenvalue weighted by atomic mass is 19.3. The third-order valence-electron chi connectivity index (χ3n) is 1.96. The zero-order valence-electron chi connectivity index (χ0n) is 8.44. The number of aliphatic carboxylic acids is 1. The molecule has 84 valence electrons. The summed E-state index contributed by atoms with van der Waals surface area (Å²) in [6, 6.07) is 1.33. The monoisotopic (exact) mass is 218 g/mol. The molecule has 1 N–H and O–H groups in total. The quantitative estimate of drug-likeness (QED) is 0.837.